The van der Waals surface area contributed by atoms with Crippen LogP contribution in [0.25, 0.3) is 5.57 Å². The van der Waals surface area contributed by atoms with E-state index >= 15 is 0 Å². The molecule has 0 N–H and O–H groups in total. The van der Waals surface area contributed by atoms with Crippen LogP contribution in [0.3, 0.4) is 0 Å². The van der Waals surface area contributed by atoms with Crippen molar-refractivity contribution in [2.75, 3.05) is 19.8 Å². The Bertz CT molecular complexity index is 724. The number of hydroxylamine groups is 2. The molecule has 2 aliphatic rings. The molecule has 27 heavy (non-hydrogen) atoms. The van der Waals surface area contributed by atoms with Gasteiger partial charge in [-0.15, -0.1) is 6.58 Å². The quantitative estimate of drug-likeness (QED) is 0.524. The van der Waals surface area contributed by atoms with Gasteiger partial charge in [0.1, 0.15) is 6.04 Å². The minimum atomic E-state index is -1.93. The number of amides is 2. The fourth-order valence-electron chi connectivity index (χ4n) is 3.04. The van der Waals surface area contributed by atoms with E-state index in [9.17, 15) is 4.79 Å². The van der Waals surface area contributed by atoms with Gasteiger partial charge in [-0.05, 0) is 18.1 Å². The summed E-state index contributed by atoms with van der Waals surface area (Å²) >= 11 is 0. The zero-order valence-corrected chi connectivity index (χ0v) is 17.8. The lowest BCUT2D eigenvalue weighted by Gasteiger charge is -2.38. The Hall–Kier alpha value is -1.90. The number of oxazole rings is 1. The van der Waals surface area contributed by atoms with E-state index in [0.29, 0.717) is 18.9 Å². The van der Waals surface area contributed by atoms with Gasteiger partial charge in [0.2, 0.25) is 0 Å². The SMILES string of the molecule is C=CCON1C(=O)N2CC1C(c1cnco1)=CC2CO[Si](C)(C)C(C)(C)C. The Morgan fingerprint density at radius 3 is 2.78 bits per heavy atom. The highest BCUT2D eigenvalue weighted by Crippen LogP contribution is 2.39. The molecule has 2 atom stereocenters. The van der Waals surface area contributed by atoms with E-state index in [1.807, 2.05) is 0 Å². The number of fused-ring (bicyclic) bond motifs is 2. The first-order valence-electron chi connectivity index (χ1n) is 9.24. The van der Waals surface area contributed by atoms with Gasteiger partial charge in [-0.2, -0.15) is 5.06 Å². The second-order valence-corrected chi connectivity index (χ2v) is 13.3. The standard InChI is InChI=1S/C19H29N3O4Si/c1-7-8-25-22-16-11-21(18(22)23)14(9-15(16)17-10-20-13-24-17)12-26-27(5,6)19(2,3)4/h7,9-10,13-14,16H,1,8,11-12H2,2-6H3. The highest BCUT2D eigenvalue weighted by molar-refractivity contribution is 6.74. The molecule has 3 heterocycles. The molecule has 0 aliphatic carbocycles. The van der Waals surface area contributed by atoms with Crippen LogP contribution < -0.4 is 0 Å². The lowest BCUT2D eigenvalue weighted by atomic mass is 9.98. The van der Waals surface area contributed by atoms with Crippen LogP contribution in [-0.2, 0) is 9.26 Å². The van der Waals surface area contributed by atoms with Crippen LogP contribution in [0, 0.1) is 0 Å². The number of hydrogen-bond acceptors (Lipinski definition) is 5. The summed E-state index contributed by atoms with van der Waals surface area (Å²) in [6.45, 7) is 16.0. The lowest BCUT2D eigenvalue weighted by Crippen LogP contribution is -2.47. The first kappa shape index (κ1) is 19.8. The zero-order chi connectivity index (χ0) is 19.8. The third-order valence-electron chi connectivity index (χ3n) is 5.69. The van der Waals surface area contributed by atoms with Crippen LogP contribution in [0.1, 0.15) is 26.5 Å². The molecule has 1 fully saturated rings. The van der Waals surface area contributed by atoms with Gasteiger partial charge in [0.05, 0.1) is 32.0 Å². The van der Waals surface area contributed by atoms with Crippen LogP contribution in [0.15, 0.2) is 35.7 Å². The average molecular weight is 392 g/mol. The first-order chi connectivity index (χ1) is 12.7. The number of rotatable bonds is 7. The topological polar surface area (TPSA) is 68.0 Å². The molecule has 0 aromatic carbocycles. The van der Waals surface area contributed by atoms with Crippen molar-refractivity contribution in [3.63, 3.8) is 0 Å². The van der Waals surface area contributed by atoms with Crippen molar-refractivity contribution in [2.45, 2.75) is 51.0 Å². The van der Waals surface area contributed by atoms with Gasteiger partial charge in [-0.25, -0.2) is 9.78 Å². The maximum absolute atomic E-state index is 12.9. The lowest BCUT2D eigenvalue weighted by molar-refractivity contribution is -0.106. The molecular formula is C19H29N3O4Si. The summed E-state index contributed by atoms with van der Waals surface area (Å²) in [7, 11) is -1.93. The molecule has 0 spiro atoms. The Morgan fingerprint density at radius 2 is 2.19 bits per heavy atom. The second-order valence-electron chi connectivity index (χ2n) is 8.49. The van der Waals surface area contributed by atoms with Crippen LogP contribution in [0.4, 0.5) is 4.79 Å². The van der Waals surface area contributed by atoms with E-state index < -0.39 is 8.32 Å². The molecule has 1 saturated heterocycles. The highest BCUT2D eigenvalue weighted by atomic mass is 28.4. The summed E-state index contributed by atoms with van der Waals surface area (Å²) in [5.41, 5.74) is 0.905. The molecule has 0 radical (unpaired) electrons. The summed E-state index contributed by atoms with van der Waals surface area (Å²) in [6, 6.07) is -0.550. The van der Waals surface area contributed by atoms with E-state index in [4.69, 9.17) is 13.7 Å². The van der Waals surface area contributed by atoms with Crippen molar-refractivity contribution < 1.29 is 18.5 Å². The summed E-state index contributed by atoms with van der Waals surface area (Å²) in [4.78, 5) is 24.4. The number of carbonyl (C=O) groups excluding carboxylic acids is 1. The smallest absolute Gasteiger partial charge is 0.345 e. The minimum absolute atomic E-state index is 0.107. The number of aromatic nitrogens is 1. The predicted octanol–water partition coefficient (Wildman–Crippen LogP) is 3.69. The fraction of sp³-hybridized carbons (Fsp3) is 0.579. The van der Waals surface area contributed by atoms with E-state index in [1.165, 1.54) is 11.5 Å². The van der Waals surface area contributed by atoms with Gasteiger partial charge in [0.25, 0.3) is 0 Å². The highest BCUT2D eigenvalue weighted by Gasteiger charge is 2.48. The van der Waals surface area contributed by atoms with E-state index in [2.05, 4.69) is 51.5 Å². The number of carbonyl (C=O) groups is 1. The largest absolute Gasteiger partial charge is 0.444 e. The Kier molecular flexibility index (Phi) is 5.33. The van der Waals surface area contributed by atoms with Crippen molar-refractivity contribution in [3.05, 3.63) is 37.1 Å². The fourth-order valence-corrected chi connectivity index (χ4v) is 4.06. The third kappa shape index (κ3) is 3.74. The molecule has 2 amide bonds. The molecule has 0 saturated carbocycles. The van der Waals surface area contributed by atoms with Crippen molar-refractivity contribution >= 4 is 19.9 Å². The number of nitrogens with zero attached hydrogens (tertiary/aromatic N) is 3. The van der Waals surface area contributed by atoms with Crippen molar-refractivity contribution in [3.8, 4) is 0 Å². The summed E-state index contributed by atoms with van der Waals surface area (Å²) in [5.74, 6) is 0.652. The molecular weight excluding hydrogens is 362 g/mol. The van der Waals surface area contributed by atoms with Gasteiger partial charge in [0, 0.05) is 5.57 Å². The maximum atomic E-state index is 12.9. The summed E-state index contributed by atoms with van der Waals surface area (Å²) < 4.78 is 11.9. The molecule has 2 unspecified atom stereocenters. The monoisotopic (exact) mass is 391 g/mol. The molecule has 1 aromatic heterocycles. The third-order valence-corrected chi connectivity index (χ3v) is 10.2. The second kappa shape index (κ2) is 7.25. The van der Waals surface area contributed by atoms with Crippen LogP contribution in [0.5, 0.6) is 0 Å². The van der Waals surface area contributed by atoms with Gasteiger partial charge < -0.3 is 13.7 Å². The van der Waals surface area contributed by atoms with Crippen molar-refractivity contribution in [1.29, 1.82) is 0 Å². The number of hydrogen-bond donors (Lipinski definition) is 0. The molecule has 148 valence electrons. The molecule has 2 aliphatic heterocycles. The molecule has 3 rings (SSSR count). The van der Waals surface area contributed by atoms with Crippen LogP contribution in [0.2, 0.25) is 18.1 Å². The zero-order valence-electron chi connectivity index (χ0n) is 16.8. The van der Waals surface area contributed by atoms with Crippen molar-refractivity contribution in [1.82, 2.24) is 14.9 Å². The van der Waals surface area contributed by atoms with E-state index in [-0.39, 0.29) is 29.8 Å². The minimum Gasteiger partial charge on any atom is -0.444 e. The predicted molar refractivity (Wildman–Crippen MR) is 105 cm³/mol. The summed E-state index contributed by atoms with van der Waals surface area (Å²) in [6.07, 6.45) is 6.74. The van der Waals surface area contributed by atoms with Gasteiger partial charge >= 0.3 is 6.03 Å². The van der Waals surface area contributed by atoms with Gasteiger partial charge in [-0.1, -0.05) is 32.9 Å². The Balaban J connectivity index is 1.86. The molecule has 1 aromatic rings. The Labute approximate surface area is 161 Å². The van der Waals surface area contributed by atoms with E-state index in [0.717, 1.165) is 5.57 Å². The average Bonchev–Trinajstić information content (AvgIpc) is 3.21. The summed E-state index contributed by atoms with van der Waals surface area (Å²) in [5, 5.41) is 1.53. The first-order valence-corrected chi connectivity index (χ1v) is 12.1. The van der Waals surface area contributed by atoms with Gasteiger partial charge in [-0.3, -0.25) is 4.84 Å². The maximum Gasteiger partial charge on any atom is 0.345 e. The number of urea groups is 1. The van der Waals surface area contributed by atoms with Crippen LogP contribution >= 0.6 is 0 Å². The van der Waals surface area contributed by atoms with Gasteiger partial charge in [0.15, 0.2) is 20.5 Å². The molecule has 8 heteroatoms. The van der Waals surface area contributed by atoms with E-state index in [1.54, 1.807) is 17.2 Å². The Morgan fingerprint density at radius 1 is 1.44 bits per heavy atom. The van der Waals surface area contributed by atoms with Crippen molar-refractivity contribution in [2.24, 2.45) is 0 Å². The molecule has 2 bridgehead atoms. The molecule has 7 nitrogen and oxygen atoms in total. The van der Waals surface area contributed by atoms with Crippen LogP contribution in [-0.4, -0.2) is 61.1 Å². The normalized spacial score (nSPS) is 23.0.